The Morgan fingerprint density at radius 2 is 1.88 bits per heavy atom. The Hall–Kier alpha value is -2.44. The van der Waals surface area contributed by atoms with Gasteiger partial charge in [0.25, 0.3) is 0 Å². The zero-order chi connectivity index (χ0) is 18.3. The van der Waals surface area contributed by atoms with Crippen molar-refractivity contribution in [2.75, 3.05) is 13.7 Å². The molecule has 132 valence electrons. The average Bonchev–Trinajstić information content (AvgIpc) is 2.51. The fourth-order valence-electron chi connectivity index (χ4n) is 2.24. The van der Waals surface area contributed by atoms with Crippen LogP contribution in [-0.4, -0.2) is 47.4 Å². The van der Waals surface area contributed by atoms with Gasteiger partial charge in [-0.1, -0.05) is 0 Å². The summed E-state index contributed by atoms with van der Waals surface area (Å²) in [6.07, 6.45) is -0.271. The second-order valence-electron chi connectivity index (χ2n) is 5.60. The van der Waals surface area contributed by atoms with E-state index in [1.54, 1.807) is 13.8 Å². The van der Waals surface area contributed by atoms with Crippen LogP contribution >= 0.6 is 0 Å². The first-order valence-corrected chi connectivity index (χ1v) is 7.64. The SMILES string of the molecule is COc1ccc(C(=O)CCC(=O)N(CCC(=O)O)C(C)C)cc1F. The molecule has 0 saturated carbocycles. The minimum Gasteiger partial charge on any atom is -0.494 e. The van der Waals surface area contributed by atoms with Gasteiger partial charge in [0.1, 0.15) is 0 Å². The molecule has 0 aliphatic carbocycles. The molecule has 1 aromatic carbocycles. The molecule has 0 aliphatic rings. The Kier molecular flexibility index (Phi) is 7.35. The number of Topliss-reactive ketones (excluding diaryl/α,β-unsaturated/α-hetero) is 1. The zero-order valence-electron chi connectivity index (χ0n) is 14.0. The van der Waals surface area contributed by atoms with Crippen molar-refractivity contribution in [1.29, 1.82) is 0 Å². The van der Waals surface area contributed by atoms with Gasteiger partial charge in [-0.05, 0) is 32.0 Å². The number of carbonyl (C=O) groups is 3. The van der Waals surface area contributed by atoms with Gasteiger partial charge in [0.05, 0.1) is 13.5 Å². The van der Waals surface area contributed by atoms with E-state index in [0.29, 0.717) is 0 Å². The van der Waals surface area contributed by atoms with Gasteiger partial charge in [0.2, 0.25) is 5.91 Å². The molecular formula is C17H22FNO5. The van der Waals surface area contributed by atoms with Gasteiger partial charge >= 0.3 is 5.97 Å². The summed E-state index contributed by atoms with van der Waals surface area (Å²) in [5.41, 5.74) is 0.169. The summed E-state index contributed by atoms with van der Waals surface area (Å²) in [5, 5.41) is 8.72. The normalized spacial score (nSPS) is 10.5. The average molecular weight is 339 g/mol. The lowest BCUT2D eigenvalue weighted by molar-refractivity contribution is -0.139. The van der Waals surface area contributed by atoms with Crippen LogP contribution in [0.15, 0.2) is 18.2 Å². The monoisotopic (exact) mass is 339 g/mol. The molecule has 24 heavy (non-hydrogen) atoms. The lowest BCUT2D eigenvalue weighted by atomic mass is 10.1. The molecule has 0 aromatic heterocycles. The molecule has 1 amide bonds. The van der Waals surface area contributed by atoms with E-state index >= 15 is 0 Å². The molecule has 0 radical (unpaired) electrons. The quantitative estimate of drug-likeness (QED) is 0.699. The summed E-state index contributed by atoms with van der Waals surface area (Å²) < 4.78 is 18.4. The van der Waals surface area contributed by atoms with Crippen molar-refractivity contribution in [3.8, 4) is 5.75 Å². The van der Waals surface area contributed by atoms with Crippen LogP contribution in [0, 0.1) is 5.82 Å². The number of carboxylic acid groups (broad SMARTS) is 1. The summed E-state index contributed by atoms with van der Waals surface area (Å²) in [5.74, 6) is -2.24. The number of carboxylic acids is 1. The molecule has 0 fully saturated rings. The van der Waals surface area contributed by atoms with E-state index in [9.17, 15) is 18.8 Å². The molecule has 0 unspecified atom stereocenters. The first kappa shape index (κ1) is 19.6. The van der Waals surface area contributed by atoms with Gasteiger partial charge in [-0.3, -0.25) is 14.4 Å². The number of halogens is 1. The lowest BCUT2D eigenvalue weighted by Crippen LogP contribution is -2.38. The van der Waals surface area contributed by atoms with Crippen LogP contribution in [0.5, 0.6) is 5.75 Å². The van der Waals surface area contributed by atoms with Crippen molar-refractivity contribution >= 4 is 17.7 Å². The van der Waals surface area contributed by atoms with E-state index in [0.717, 1.165) is 6.07 Å². The van der Waals surface area contributed by atoms with Crippen molar-refractivity contribution in [3.05, 3.63) is 29.6 Å². The highest BCUT2D eigenvalue weighted by Crippen LogP contribution is 2.19. The first-order chi connectivity index (χ1) is 11.3. The van der Waals surface area contributed by atoms with E-state index in [4.69, 9.17) is 9.84 Å². The second-order valence-corrected chi connectivity index (χ2v) is 5.60. The van der Waals surface area contributed by atoms with Crippen molar-refractivity contribution in [2.45, 2.75) is 39.2 Å². The van der Waals surface area contributed by atoms with Gasteiger partial charge in [0, 0.05) is 31.0 Å². The second kappa shape index (κ2) is 9.00. The number of hydrogen-bond donors (Lipinski definition) is 1. The Morgan fingerprint density at radius 1 is 1.21 bits per heavy atom. The molecule has 0 heterocycles. The first-order valence-electron chi connectivity index (χ1n) is 7.64. The Balaban J connectivity index is 2.65. The maximum absolute atomic E-state index is 13.6. The van der Waals surface area contributed by atoms with E-state index in [-0.39, 0.29) is 54.9 Å². The number of amides is 1. The van der Waals surface area contributed by atoms with E-state index < -0.39 is 11.8 Å². The summed E-state index contributed by atoms with van der Waals surface area (Å²) >= 11 is 0. The fraction of sp³-hybridized carbons (Fsp3) is 0.471. The highest BCUT2D eigenvalue weighted by atomic mass is 19.1. The van der Waals surface area contributed by atoms with Crippen LogP contribution in [0.2, 0.25) is 0 Å². The fourth-order valence-corrected chi connectivity index (χ4v) is 2.24. The topological polar surface area (TPSA) is 83.9 Å². The molecule has 0 atom stereocenters. The standard InChI is InChI=1S/C17H22FNO5/c1-11(2)19(9-8-17(22)23)16(21)7-5-14(20)12-4-6-15(24-3)13(18)10-12/h4,6,10-11H,5,7-9H2,1-3H3,(H,22,23). The largest absolute Gasteiger partial charge is 0.494 e. The van der Waals surface area contributed by atoms with Crippen LogP contribution in [-0.2, 0) is 9.59 Å². The smallest absolute Gasteiger partial charge is 0.305 e. The molecular weight excluding hydrogens is 317 g/mol. The van der Waals surface area contributed by atoms with Crippen LogP contribution < -0.4 is 4.74 Å². The van der Waals surface area contributed by atoms with Gasteiger partial charge in [0.15, 0.2) is 17.3 Å². The molecule has 0 bridgehead atoms. The van der Waals surface area contributed by atoms with Crippen molar-refractivity contribution < 1.29 is 28.6 Å². The van der Waals surface area contributed by atoms with Crippen LogP contribution in [0.3, 0.4) is 0 Å². The van der Waals surface area contributed by atoms with Crippen LogP contribution in [0.1, 0.15) is 43.5 Å². The highest BCUT2D eigenvalue weighted by molar-refractivity contribution is 5.98. The predicted octanol–water partition coefficient (Wildman–Crippen LogP) is 2.51. The Morgan fingerprint density at radius 3 is 2.38 bits per heavy atom. The van der Waals surface area contributed by atoms with Crippen molar-refractivity contribution in [3.63, 3.8) is 0 Å². The molecule has 1 N–H and O–H groups in total. The molecule has 7 heteroatoms. The predicted molar refractivity (Wildman–Crippen MR) is 85.6 cm³/mol. The zero-order valence-corrected chi connectivity index (χ0v) is 14.0. The van der Waals surface area contributed by atoms with Gasteiger partial charge in [-0.25, -0.2) is 4.39 Å². The van der Waals surface area contributed by atoms with Crippen molar-refractivity contribution in [1.82, 2.24) is 4.90 Å². The Bertz CT molecular complexity index is 615. The molecule has 6 nitrogen and oxygen atoms in total. The minimum absolute atomic E-state index is 0.0438. The Labute approximate surface area is 140 Å². The third-order valence-electron chi connectivity index (χ3n) is 3.55. The number of ether oxygens (including phenoxy) is 1. The number of aliphatic carboxylic acids is 1. The third-order valence-corrected chi connectivity index (χ3v) is 3.55. The molecule has 1 rings (SSSR count). The summed E-state index contributed by atoms with van der Waals surface area (Å²) in [4.78, 5) is 36.3. The summed E-state index contributed by atoms with van der Waals surface area (Å²) in [6.45, 7) is 3.65. The van der Waals surface area contributed by atoms with Crippen LogP contribution in [0.4, 0.5) is 4.39 Å². The molecule has 0 aliphatic heterocycles. The molecule has 0 spiro atoms. The summed E-state index contributed by atoms with van der Waals surface area (Å²) in [6, 6.07) is 3.72. The number of nitrogens with zero attached hydrogens (tertiary/aromatic N) is 1. The maximum Gasteiger partial charge on any atom is 0.305 e. The van der Waals surface area contributed by atoms with E-state index in [2.05, 4.69) is 0 Å². The number of methoxy groups -OCH3 is 1. The maximum atomic E-state index is 13.6. The summed E-state index contributed by atoms with van der Waals surface area (Å²) in [7, 11) is 1.33. The molecule has 0 saturated heterocycles. The number of ketones is 1. The van der Waals surface area contributed by atoms with Gasteiger partial charge < -0.3 is 14.7 Å². The number of rotatable bonds is 9. The van der Waals surface area contributed by atoms with Crippen LogP contribution in [0.25, 0.3) is 0 Å². The van der Waals surface area contributed by atoms with Crippen molar-refractivity contribution in [2.24, 2.45) is 0 Å². The lowest BCUT2D eigenvalue weighted by Gasteiger charge is -2.26. The minimum atomic E-state index is -0.988. The third kappa shape index (κ3) is 5.64. The number of carbonyl (C=O) groups excluding carboxylic acids is 2. The van der Waals surface area contributed by atoms with E-state index in [1.165, 1.54) is 24.1 Å². The number of benzene rings is 1. The van der Waals surface area contributed by atoms with E-state index in [1.807, 2.05) is 0 Å². The highest BCUT2D eigenvalue weighted by Gasteiger charge is 2.19. The number of hydrogen-bond acceptors (Lipinski definition) is 4. The van der Waals surface area contributed by atoms with Gasteiger partial charge in [-0.15, -0.1) is 0 Å². The van der Waals surface area contributed by atoms with Gasteiger partial charge in [-0.2, -0.15) is 0 Å². The molecule has 1 aromatic rings.